The molecule has 36 valence electrons. The summed E-state index contributed by atoms with van der Waals surface area (Å²) in [5, 5.41) is 0. The second kappa shape index (κ2) is 2.78. The van der Waals surface area contributed by atoms with Crippen LogP contribution in [-0.4, -0.2) is 12.3 Å². The summed E-state index contributed by atoms with van der Waals surface area (Å²) < 4.78 is 10.8. The molecule has 0 aliphatic heterocycles. The smallest absolute Gasteiger partial charge is 0.146 e. The standard InChI is InChI=1S/C3H6FNO/c1-3(6)2-5-4/h5H,2H2,1H3. The molecular weight excluding hydrogens is 85.0 g/mol. The maximum Gasteiger partial charge on any atom is 0.146 e. The molecule has 0 amide bonds. The fraction of sp³-hybridized carbons (Fsp3) is 0.667. The van der Waals surface area contributed by atoms with Crippen molar-refractivity contribution < 1.29 is 9.28 Å². The predicted octanol–water partition coefficient (Wildman–Crippen LogP) is 0.0495. The minimum absolute atomic E-state index is 0.181. The van der Waals surface area contributed by atoms with Gasteiger partial charge in [-0.05, 0) is 6.92 Å². The van der Waals surface area contributed by atoms with Crippen LogP contribution in [0.15, 0.2) is 0 Å². The van der Waals surface area contributed by atoms with Crippen LogP contribution in [0.25, 0.3) is 0 Å². The maximum atomic E-state index is 10.8. The van der Waals surface area contributed by atoms with Gasteiger partial charge in [0.15, 0.2) is 0 Å². The number of ketones is 1. The molecule has 0 bridgehead atoms. The number of hydrogen-bond donors (Lipinski definition) is 1. The molecule has 0 aliphatic rings. The lowest BCUT2D eigenvalue weighted by Crippen LogP contribution is -2.10. The first-order chi connectivity index (χ1) is 2.77. The lowest BCUT2D eigenvalue weighted by Gasteiger charge is -1.80. The van der Waals surface area contributed by atoms with Gasteiger partial charge in [-0.1, -0.05) is 0 Å². The zero-order chi connectivity index (χ0) is 4.99. The van der Waals surface area contributed by atoms with E-state index < -0.39 is 0 Å². The summed E-state index contributed by atoms with van der Waals surface area (Å²) in [6, 6.07) is 0. The molecule has 2 nitrogen and oxygen atoms in total. The van der Waals surface area contributed by atoms with Crippen LogP contribution in [0.1, 0.15) is 6.92 Å². The topological polar surface area (TPSA) is 29.1 Å². The van der Waals surface area contributed by atoms with Crippen LogP contribution in [0.4, 0.5) is 4.48 Å². The Morgan fingerprint density at radius 1 is 2.00 bits per heavy atom. The molecule has 0 unspecified atom stereocenters. The van der Waals surface area contributed by atoms with Gasteiger partial charge in [0.05, 0.1) is 6.54 Å². The highest BCUT2D eigenvalue weighted by molar-refractivity contribution is 5.77. The number of halogens is 1. The Morgan fingerprint density at radius 3 is 2.50 bits per heavy atom. The van der Waals surface area contributed by atoms with Crippen LogP contribution in [-0.2, 0) is 4.79 Å². The van der Waals surface area contributed by atoms with Gasteiger partial charge in [-0.2, -0.15) is 5.54 Å². The number of Topliss-reactive ketones (excluding diaryl/α,β-unsaturated/α-hetero) is 1. The second-order valence-electron chi connectivity index (χ2n) is 1.01. The van der Waals surface area contributed by atoms with Crippen molar-refractivity contribution >= 4 is 5.78 Å². The molecule has 0 aliphatic carbocycles. The quantitative estimate of drug-likeness (QED) is 0.486. The molecule has 0 spiro atoms. The average Bonchev–Trinajstić information content (AvgIpc) is 1.35. The van der Waals surface area contributed by atoms with E-state index in [4.69, 9.17) is 0 Å². The highest BCUT2D eigenvalue weighted by Crippen LogP contribution is 1.60. The first kappa shape index (κ1) is 5.56. The summed E-state index contributed by atoms with van der Waals surface area (Å²) >= 11 is 0. The molecule has 3 heteroatoms. The van der Waals surface area contributed by atoms with E-state index in [1.54, 1.807) is 0 Å². The Bertz CT molecular complexity index is 54.8. The first-order valence-electron chi connectivity index (χ1n) is 1.60. The SMILES string of the molecule is CC(=O)CNF. The molecule has 0 heterocycles. The number of hydrogen-bond acceptors (Lipinski definition) is 2. The average molecular weight is 91.1 g/mol. The Kier molecular flexibility index (Phi) is 2.58. The van der Waals surface area contributed by atoms with E-state index in [0.29, 0.717) is 0 Å². The number of carbonyl (C=O) groups excluding carboxylic acids is 1. The summed E-state index contributed by atoms with van der Waals surface area (Å²) in [6.07, 6.45) is 0. The molecule has 0 atom stereocenters. The Morgan fingerprint density at radius 2 is 2.50 bits per heavy atom. The van der Waals surface area contributed by atoms with Crippen LogP contribution in [0.3, 0.4) is 0 Å². The van der Waals surface area contributed by atoms with Gasteiger partial charge in [-0.25, -0.2) is 0 Å². The molecule has 0 aromatic carbocycles. The van der Waals surface area contributed by atoms with E-state index in [2.05, 4.69) is 0 Å². The fourth-order valence-corrected chi connectivity index (χ4v) is 0.0941. The molecule has 1 N–H and O–H groups in total. The van der Waals surface area contributed by atoms with Crippen molar-refractivity contribution in [1.82, 2.24) is 5.54 Å². The molecule has 0 radical (unpaired) electrons. The van der Waals surface area contributed by atoms with Gasteiger partial charge in [0.25, 0.3) is 0 Å². The number of rotatable bonds is 2. The molecule has 0 saturated carbocycles. The van der Waals surface area contributed by atoms with Crippen LogP contribution < -0.4 is 5.54 Å². The molecule has 0 rings (SSSR count). The van der Waals surface area contributed by atoms with Crippen molar-refractivity contribution in [3.05, 3.63) is 0 Å². The highest BCUT2D eigenvalue weighted by Gasteiger charge is 1.84. The Hall–Kier alpha value is -0.440. The van der Waals surface area contributed by atoms with E-state index in [-0.39, 0.29) is 12.3 Å². The summed E-state index contributed by atoms with van der Waals surface area (Å²) in [7, 11) is 0. The summed E-state index contributed by atoms with van der Waals surface area (Å²) in [5.74, 6) is -0.197. The maximum absolute atomic E-state index is 10.8. The van der Waals surface area contributed by atoms with Gasteiger partial charge in [0.1, 0.15) is 5.78 Å². The zero-order valence-corrected chi connectivity index (χ0v) is 3.49. The van der Waals surface area contributed by atoms with Crippen LogP contribution in [0.2, 0.25) is 0 Å². The highest BCUT2D eigenvalue weighted by atomic mass is 19.2. The van der Waals surface area contributed by atoms with Gasteiger partial charge in [-0.15, -0.1) is 4.48 Å². The molecule has 0 aromatic heterocycles. The normalized spacial score (nSPS) is 8.33. The van der Waals surface area contributed by atoms with Crippen molar-refractivity contribution in [3.8, 4) is 0 Å². The largest absolute Gasteiger partial charge is 0.298 e. The lowest BCUT2D eigenvalue weighted by molar-refractivity contribution is -0.116. The van der Waals surface area contributed by atoms with Crippen molar-refractivity contribution in [2.24, 2.45) is 0 Å². The molecule has 0 aromatic rings. The van der Waals surface area contributed by atoms with E-state index in [0.717, 1.165) is 0 Å². The lowest BCUT2D eigenvalue weighted by atomic mass is 10.5. The van der Waals surface area contributed by atoms with E-state index >= 15 is 0 Å². The van der Waals surface area contributed by atoms with Crippen LogP contribution in [0.5, 0.6) is 0 Å². The Balaban J connectivity index is 2.83. The van der Waals surface area contributed by atoms with Crippen LogP contribution in [0, 0.1) is 0 Å². The van der Waals surface area contributed by atoms with Crippen molar-refractivity contribution in [2.45, 2.75) is 6.92 Å². The van der Waals surface area contributed by atoms with Gasteiger partial charge >= 0.3 is 0 Å². The van der Waals surface area contributed by atoms with Gasteiger partial charge in [0.2, 0.25) is 0 Å². The number of nitrogens with one attached hydrogen (secondary N) is 1. The molecule has 0 saturated heterocycles. The van der Waals surface area contributed by atoms with E-state index in [1.807, 2.05) is 0 Å². The zero-order valence-electron chi connectivity index (χ0n) is 3.49. The predicted molar refractivity (Wildman–Crippen MR) is 19.8 cm³/mol. The van der Waals surface area contributed by atoms with E-state index in [1.165, 1.54) is 12.5 Å². The second-order valence-corrected chi connectivity index (χ2v) is 1.01. The third-order valence-electron chi connectivity index (χ3n) is 0.316. The van der Waals surface area contributed by atoms with Crippen LogP contribution >= 0.6 is 0 Å². The molecule has 6 heavy (non-hydrogen) atoms. The Labute approximate surface area is 35.3 Å². The first-order valence-corrected chi connectivity index (χ1v) is 1.60. The summed E-state index contributed by atoms with van der Waals surface area (Å²) in [4.78, 5) is 9.74. The van der Waals surface area contributed by atoms with Crippen molar-refractivity contribution in [2.75, 3.05) is 6.54 Å². The fourth-order valence-electron chi connectivity index (χ4n) is 0.0941. The summed E-state index contributed by atoms with van der Waals surface area (Å²) in [6.45, 7) is 1.13. The third-order valence-corrected chi connectivity index (χ3v) is 0.316. The minimum Gasteiger partial charge on any atom is -0.298 e. The monoisotopic (exact) mass is 91.0 g/mol. The van der Waals surface area contributed by atoms with Gasteiger partial charge < -0.3 is 0 Å². The van der Waals surface area contributed by atoms with E-state index in [9.17, 15) is 9.28 Å². The van der Waals surface area contributed by atoms with Gasteiger partial charge in [0, 0.05) is 0 Å². The molecular formula is C3H6FNO. The van der Waals surface area contributed by atoms with Gasteiger partial charge in [-0.3, -0.25) is 4.79 Å². The number of carbonyl (C=O) groups is 1. The molecule has 0 fully saturated rings. The van der Waals surface area contributed by atoms with Crippen molar-refractivity contribution in [1.29, 1.82) is 0 Å². The minimum atomic E-state index is -0.197. The third kappa shape index (κ3) is 3.56. The summed E-state index contributed by atoms with van der Waals surface area (Å²) in [5.41, 5.74) is 1.22. The van der Waals surface area contributed by atoms with Crippen molar-refractivity contribution in [3.63, 3.8) is 0 Å².